The molecule has 1 heterocycles. The van der Waals surface area contributed by atoms with E-state index in [4.69, 9.17) is 16.3 Å². The van der Waals surface area contributed by atoms with Crippen molar-refractivity contribution in [2.45, 2.75) is 43.4 Å². The van der Waals surface area contributed by atoms with E-state index in [1.807, 2.05) is 5.32 Å². The number of hydrogen-bond donors (Lipinski definition) is 6. The Morgan fingerprint density at radius 3 is 2.55 bits per heavy atom. The van der Waals surface area contributed by atoms with E-state index in [0.29, 0.717) is 5.01 Å². The minimum absolute atomic E-state index is 0.0859. The third kappa shape index (κ3) is 4.01. The fourth-order valence-corrected chi connectivity index (χ4v) is 2.07. The van der Waals surface area contributed by atoms with Crippen molar-refractivity contribution in [3.05, 3.63) is 4.91 Å². The van der Waals surface area contributed by atoms with Gasteiger partial charge in [0.25, 0.3) is 0 Å². The topological polar surface area (TPSA) is 172 Å². The van der Waals surface area contributed by atoms with Gasteiger partial charge in [0.15, 0.2) is 12.0 Å². The van der Waals surface area contributed by atoms with Gasteiger partial charge in [0.05, 0.1) is 11.8 Å². The normalized spacial score (nSPS) is 36.5. The number of nitroso groups, excluding NO2 is 1. The molecule has 6 N–H and O–H groups in total. The van der Waals surface area contributed by atoms with Crippen LogP contribution in [-0.2, 0) is 4.74 Å². The minimum atomic E-state index is -2.27. The van der Waals surface area contributed by atoms with Crippen molar-refractivity contribution >= 4 is 17.6 Å². The Kier molecular flexibility index (Phi) is 6.43. The lowest BCUT2D eigenvalue weighted by molar-refractivity contribution is -0.350. The summed E-state index contributed by atoms with van der Waals surface area (Å²) in [7, 11) is 0. The van der Waals surface area contributed by atoms with Gasteiger partial charge in [-0.25, -0.2) is 4.79 Å². The summed E-state index contributed by atoms with van der Waals surface area (Å²) in [6, 6.07) is -1.13. The predicted octanol–water partition coefficient (Wildman–Crippen LogP) is -2.57. The first-order chi connectivity index (χ1) is 10.2. The first-order valence-electron chi connectivity index (χ1n) is 6.25. The van der Waals surface area contributed by atoms with Crippen molar-refractivity contribution in [3.63, 3.8) is 0 Å². The van der Waals surface area contributed by atoms with Gasteiger partial charge < -0.3 is 35.6 Å². The summed E-state index contributed by atoms with van der Waals surface area (Å²) in [4.78, 5) is 22.1. The summed E-state index contributed by atoms with van der Waals surface area (Å²) in [6.45, 7) is 0.776. The fraction of sp³-hybridized carbons (Fsp3) is 0.900. The number of urea groups is 1. The highest BCUT2D eigenvalue weighted by atomic mass is 35.5. The maximum absolute atomic E-state index is 11.6. The van der Waals surface area contributed by atoms with Crippen LogP contribution in [0.1, 0.15) is 6.92 Å². The van der Waals surface area contributed by atoms with Gasteiger partial charge in [-0.15, -0.1) is 16.5 Å². The van der Waals surface area contributed by atoms with Crippen molar-refractivity contribution in [1.82, 2.24) is 10.3 Å². The number of amides is 2. The summed E-state index contributed by atoms with van der Waals surface area (Å²) in [5.74, 6) is -2.36. The van der Waals surface area contributed by atoms with Gasteiger partial charge in [-0.3, -0.25) is 0 Å². The lowest BCUT2D eigenvalue weighted by Gasteiger charge is -2.45. The van der Waals surface area contributed by atoms with Crippen LogP contribution in [0.4, 0.5) is 4.79 Å². The molecule has 0 saturated carbocycles. The Balaban J connectivity index is 2.77. The Labute approximate surface area is 130 Å². The second-order valence-corrected chi connectivity index (χ2v) is 5.23. The van der Waals surface area contributed by atoms with E-state index in [2.05, 4.69) is 5.29 Å². The van der Waals surface area contributed by atoms with Gasteiger partial charge in [0.1, 0.15) is 24.4 Å². The van der Waals surface area contributed by atoms with Crippen molar-refractivity contribution in [2.75, 3.05) is 12.4 Å². The lowest BCUT2D eigenvalue weighted by atomic mass is 9.92. The Bertz CT molecular complexity index is 412. The van der Waals surface area contributed by atoms with Gasteiger partial charge in [-0.05, 0) is 6.92 Å². The molecule has 2 amide bonds. The summed E-state index contributed by atoms with van der Waals surface area (Å²) in [5.41, 5.74) is 0. The number of carbonyl (C=O) groups excluding carboxylic acids is 1. The van der Waals surface area contributed by atoms with Crippen LogP contribution < -0.4 is 5.32 Å². The molecule has 0 aromatic heterocycles. The number of nitrogens with one attached hydrogen (secondary N) is 1. The van der Waals surface area contributed by atoms with Crippen LogP contribution in [0.25, 0.3) is 0 Å². The molecule has 0 aliphatic carbocycles. The highest BCUT2D eigenvalue weighted by Crippen LogP contribution is 2.28. The third-order valence-corrected chi connectivity index (χ3v) is 3.31. The molecule has 1 aliphatic rings. The summed E-state index contributed by atoms with van der Waals surface area (Å²) >= 11 is 5.36. The molecule has 1 unspecified atom stereocenters. The second-order valence-electron chi connectivity index (χ2n) is 4.85. The predicted molar refractivity (Wildman–Crippen MR) is 71.3 cm³/mol. The molecule has 1 rings (SSSR count). The standard InChI is InChI=1S/C10H18ClN3O8/c1-10(20)7(17)5(16)4(15)6(22-10)8(18)12-9(19)14(13-21)3-2-11/h4-8,15-18,20H,2-3H2,1H3,(H,12,19)/t4-,5-,6-,7+,8?,10-/m0/s1. The van der Waals surface area contributed by atoms with Gasteiger partial charge in [0, 0.05) is 5.88 Å². The maximum Gasteiger partial charge on any atom is 0.342 e. The summed E-state index contributed by atoms with van der Waals surface area (Å²) < 4.78 is 4.88. The van der Waals surface area contributed by atoms with E-state index < -0.39 is 42.5 Å². The van der Waals surface area contributed by atoms with Crippen molar-refractivity contribution in [1.29, 1.82) is 0 Å². The third-order valence-electron chi connectivity index (χ3n) is 3.15. The van der Waals surface area contributed by atoms with E-state index in [-0.39, 0.29) is 12.4 Å². The van der Waals surface area contributed by atoms with Crippen LogP contribution >= 0.6 is 11.6 Å². The zero-order valence-corrected chi connectivity index (χ0v) is 12.3. The van der Waals surface area contributed by atoms with Gasteiger partial charge in [0.2, 0.25) is 0 Å². The molecule has 0 spiro atoms. The molecule has 0 radical (unpaired) electrons. The first-order valence-corrected chi connectivity index (χ1v) is 6.79. The quantitative estimate of drug-likeness (QED) is 0.137. The van der Waals surface area contributed by atoms with Crippen LogP contribution in [0, 0.1) is 4.91 Å². The molecule has 1 aliphatic heterocycles. The van der Waals surface area contributed by atoms with Gasteiger partial charge in [-0.1, -0.05) is 0 Å². The van der Waals surface area contributed by atoms with Crippen molar-refractivity contribution in [2.24, 2.45) is 5.29 Å². The van der Waals surface area contributed by atoms with E-state index >= 15 is 0 Å². The van der Waals surface area contributed by atoms with Gasteiger partial charge >= 0.3 is 6.03 Å². The molecule has 128 valence electrons. The molecule has 1 fully saturated rings. The van der Waals surface area contributed by atoms with E-state index in [9.17, 15) is 35.2 Å². The molecule has 6 atom stereocenters. The van der Waals surface area contributed by atoms with Crippen LogP contribution in [0.2, 0.25) is 0 Å². The molecule has 1 saturated heterocycles. The van der Waals surface area contributed by atoms with Crippen LogP contribution in [0.3, 0.4) is 0 Å². The smallest absolute Gasteiger partial charge is 0.342 e. The van der Waals surface area contributed by atoms with E-state index in [1.54, 1.807) is 0 Å². The highest BCUT2D eigenvalue weighted by molar-refractivity contribution is 6.18. The number of aliphatic hydroxyl groups is 5. The molecule has 12 heteroatoms. The van der Waals surface area contributed by atoms with Crippen molar-refractivity contribution < 1.29 is 35.1 Å². The molecule has 22 heavy (non-hydrogen) atoms. The molecular weight excluding hydrogens is 326 g/mol. The lowest BCUT2D eigenvalue weighted by Crippen LogP contribution is -2.67. The number of nitrogens with zero attached hydrogens (tertiary/aromatic N) is 2. The van der Waals surface area contributed by atoms with E-state index in [0.717, 1.165) is 6.92 Å². The number of rotatable bonds is 5. The number of halogens is 1. The molecular formula is C10H18ClN3O8. The van der Waals surface area contributed by atoms with Crippen LogP contribution in [-0.4, -0.2) is 85.4 Å². The molecule has 11 nitrogen and oxygen atoms in total. The average Bonchev–Trinajstić information content (AvgIpc) is 2.46. The molecule has 0 aromatic carbocycles. The SMILES string of the molecule is C[C@]1(O)O[C@H](C(O)NC(=O)N(CCCl)N=O)[C@@H](O)[C@H](O)[C@H]1O. The second kappa shape index (κ2) is 7.46. The zero-order valence-electron chi connectivity index (χ0n) is 11.5. The summed E-state index contributed by atoms with van der Waals surface area (Å²) in [6.07, 6.45) is -9.04. The highest BCUT2D eigenvalue weighted by Gasteiger charge is 2.52. The Morgan fingerprint density at radius 2 is 2.05 bits per heavy atom. The maximum atomic E-state index is 11.6. The first kappa shape index (κ1) is 19.0. The zero-order chi connectivity index (χ0) is 17.1. The van der Waals surface area contributed by atoms with Crippen molar-refractivity contribution in [3.8, 4) is 0 Å². The minimum Gasteiger partial charge on any atom is -0.387 e. The average molecular weight is 344 g/mol. The van der Waals surface area contributed by atoms with Gasteiger partial charge in [-0.2, -0.15) is 5.01 Å². The number of ether oxygens (including phenoxy) is 1. The number of aliphatic hydroxyl groups excluding tert-OH is 4. The number of hydrogen-bond acceptors (Lipinski definition) is 9. The van der Waals surface area contributed by atoms with Crippen LogP contribution in [0.5, 0.6) is 0 Å². The van der Waals surface area contributed by atoms with E-state index in [1.165, 1.54) is 0 Å². The summed E-state index contributed by atoms with van der Waals surface area (Å²) in [5, 5.41) is 53.1. The Hall–Kier alpha value is -1.08. The monoisotopic (exact) mass is 343 g/mol. The number of alkyl halides is 1. The number of carbonyl (C=O) groups is 1. The Morgan fingerprint density at radius 1 is 1.45 bits per heavy atom. The largest absolute Gasteiger partial charge is 0.387 e. The molecule has 0 aromatic rings. The van der Waals surface area contributed by atoms with Crippen LogP contribution in [0.15, 0.2) is 5.29 Å². The fourth-order valence-electron chi connectivity index (χ4n) is 1.91. The molecule has 0 bridgehead atoms.